The van der Waals surface area contributed by atoms with E-state index in [0.29, 0.717) is 18.7 Å². The van der Waals surface area contributed by atoms with Gasteiger partial charge in [0, 0.05) is 55.1 Å². The van der Waals surface area contributed by atoms with Crippen LogP contribution in [0.4, 0.5) is 23.7 Å². The Bertz CT molecular complexity index is 1220. The number of amides is 1. The summed E-state index contributed by atoms with van der Waals surface area (Å²) in [6.45, 7) is 3.33. The lowest BCUT2D eigenvalue weighted by molar-refractivity contribution is -0.0522. The van der Waals surface area contributed by atoms with Gasteiger partial charge in [-0.3, -0.25) is 4.98 Å². The quantitative estimate of drug-likeness (QED) is 0.475. The van der Waals surface area contributed by atoms with E-state index < -0.39 is 23.8 Å². The molecule has 0 unspecified atom stereocenters. The Hall–Kier alpha value is -4.09. The van der Waals surface area contributed by atoms with Gasteiger partial charge in [0.15, 0.2) is 11.6 Å². The predicted octanol–water partition coefficient (Wildman–Crippen LogP) is 5.10. The number of carbonyl (C=O) groups excluding carboxylic acids is 1. The average molecular weight is 503 g/mol. The Morgan fingerprint density at radius 3 is 2.47 bits per heavy atom. The highest BCUT2D eigenvalue weighted by Crippen LogP contribution is 2.28. The van der Waals surface area contributed by atoms with Crippen molar-refractivity contribution in [3.05, 3.63) is 54.9 Å². The molecule has 0 spiro atoms. The Balaban J connectivity index is 1.35. The molecule has 1 saturated heterocycles. The summed E-state index contributed by atoms with van der Waals surface area (Å²) in [5, 5.41) is 3.33. The molecule has 0 bridgehead atoms. The molecule has 1 aliphatic heterocycles. The van der Waals surface area contributed by atoms with Crippen molar-refractivity contribution in [2.24, 2.45) is 0 Å². The van der Waals surface area contributed by atoms with Crippen molar-refractivity contribution in [1.82, 2.24) is 19.9 Å². The predicted molar refractivity (Wildman–Crippen MR) is 124 cm³/mol. The van der Waals surface area contributed by atoms with Crippen LogP contribution < -0.4 is 14.8 Å². The van der Waals surface area contributed by atoms with E-state index in [1.54, 1.807) is 17.3 Å². The van der Waals surface area contributed by atoms with Crippen LogP contribution in [0.5, 0.6) is 17.5 Å². The van der Waals surface area contributed by atoms with E-state index in [-0.39, 0.29) is 23.9 Å². The van der Waals surface area contributed by atoms with Gasteiger partial charge in [-0.15, -0.1) is 0 Å². The zero-order chi connectivity index (χ0) is 25.9. The highest BCUT2D eigenvalue weighted by molar-refractivity contribution is 5.70. The molecule has 9 nitrogen and oxygen atoms in total. The van der Waals surface area contributed by atoms with E-state index in [0.717, 1.165) is 23.4 Å². The van der Waals surface area contributed by atoms with Gasteiger partial charge in [0.25, 0.3) is 0 Å². The highest BCUT2D eigenvalue weighted by Gasteiger charge is 2.33. The number of carbonyl (C=O) groups is 1. The van der Waals surface area contributed by atoms with Crippen LogP contribution in [0.15, 0.2) is 49.1 Å². The molecule has 0 atom stereocenters. The summed E-state index contributed by atoms with van der Waals surface area (Å²) in [6, 6.07) is 5.05. The molecule has 0 radical (unpaired) electrons. The minimum Gasteiger partial charge on any atom is -0.444 e. The summed E-state index contributed by atoms with van der Waals surface area (Å²) < 4.78 is 53.3. The second-order valence-corrected chi connectivity index (χ2v) is 9.02. The van der Waals surface area contributed by atoms with Crippen LogP contribution in [0.25, 0.3) is 11.1 Å². The topological polar surface area (TPSA) is 98.7 Å². The normalized spacial score (nSPS) is 13.8. The molecule has 1 N–H and O–H groups in total. The van der Waals surface area contributed by atoms with E-state index in [1.165, 1.54) is 18.5 Å². The molecule has 1 aromatic carbocycles. The zero-order valence-corrected chi connectivity index (χ0v) is 19.7. The number of pyridine rings is 1. The number of aromatic nitrogens is 3. The molecule has 1 aliphatic rings. The zero-order valence-electron chi connectivity index (χ0n) is 19.7. The molecule has 190 valence electrons. The summed E-state index contributed by atoms with van der Waals surface area (Å²) >= 11 is 0. The Kier molecular flexibility index (Phi) is 7.13. The standard InChI is InChI=1S/C24H24F3N5O4/c1-24(2,3)36-23(33)32-12-17(13-32)31-16-6-14(8-28-11-16)15-9-29-22(30-10-15)34-18-4-5-19(25)20(7-18)35-21(26)27/h4-11,17,21,31H,12-13H2,1-3H3. The van der Waals surface area contributed by atoms with Crippen molar-refractivity contribution in [2.45, 2.75) is 39.0 Å². The third kappa shape index (κ3) is 6.52. The molecule has 1 fully saturated rings. The number of benzene rings is 1. The summed E-state index contributed by atoms with van der Waals surface area (Å²) in [4.78, 5) is 26.2. The van der Waals surface area contributed by atoms with Gasteiger partial charge in [-0.2, -0.15) is 8.78 Å². The smallest absolute Gasteiger partial charge is 0.410 e. The molecule has 0 aliphatic carbocycles. The average Bonchev–Trinajstić information content (AvgIpc) is 2.77. The second-order valence-electron chi connectivity index (χ2n) is 9.02. The second kappa shape index (κ2) is 10.3. The van der Waals surface area contributed by atoms with Crippen molar-refractivity contribution in [1.29, 1.82) is 0 Å². The number of nitrogens with zero attached hydrogens (tertiary/aromatic N) is 4. The number of hydrogen-bond donors (Lipinski definition) is 1. The third-order valence-electron chi connectivity index (χ3n) is 4.93. The summed E-state index contributed by atoms with van der Waals surface area (Å²) in [5.74, 6) is -1.55. The van der Waals surface area contributed by atoms with Crippen molar-refractivity contribution in [3.63, 3.8) is 0 Å². The summed E-state index contributed by atoms with van der Waals surface area (Å²) in [5.41, 5.74) is 1.62. The van der Waals surface area contributed by atoms with Crippen molar-refractivity contribution < 1.29 is 32.2 Å². The number of anilines is 1. The number of ether oxygens (including phenoxy) is 3. The van der Waals surface area contributed by atoms with Gasteiger partial charge in [-0.05, 0) is 39.0 Å². The molecular weight excluding hydrogens is 479 g/mol. The van der Waals surface area contributed by atoms with Crippen LogP contribution in [0.1, 0.15) is 20.8 Å². The van der Waals surface area contributed by atoms with Crippen LogP contribution in [0.2, 0.25) is 0 Å². The van der Waals surface area contributed by atoms with E-state index >= 15 is 0 Å². The van der Waals surface area contributed by atoms with Gasteiger partial charge in [0.1, 0.15) is 11.4 Å². The van der Waals surface area contributed by atoms with Crippen molar-refractivity contribution >= 4 is 11.8 Å². The maximum atomic E-state index is 13.6. The molecule has 36 heavy (non-hydrogen) atoms. The maximum absolute atomic E-state index is 13.6. The Morgan fingerprint density at radius 2 is 1.81 bits per heavy atom. The van der Waals surface area contributed by atoms with E-state index in [4.69, 9.17) is 9.47 Å². The lowest BCUT2D eigenvalue weighted by Crippen LogP contribution is -2.57. The molecule has 3 heterocycles. The number of nitrogens with one attached hydrogen (secondary N) is 1. The van der Waals surface area contributed by atoms with Crippen molar-refractivity contribution in [3.8, 4) is 28.6 Å². The van der Waals surface area contributed by atoms with Crippen LogP contribution in [0, 0.1) is 5.82 Å². The first-order chi connectivity index (χ1) is 17.1. The van der Waals surface area contributed by atoms with Gasteiger partial charge in [0.05, 0.1) is 11.7 Å². The first kappa shape index (κ1) is 25.0. The van der Waals surface area contributed by atoms with Gasteiger partial charge in [-0.25, -0.2) is 19.2 Å². The number of rotatable bonds is 7. The molecule has 1 amide bonds. The van der Waals surface area contributed by atoms with E-state index in [2.05, 4.69) is 25.0 Å². The van der Waals surface area contributed by atoms with Crippen LogP contribution in [-0.2, 0) is 4.74 Å². The molecule has 3 aromatic rings. The number of halogens is 3. The van der Waals surface area contributed by atoms with E-state index in [1.807, 2.05) is 26.8 Å². The van der Waals surface area contributed by atoms with Crippen LogP contribution >= 0.6 is 0 Å². The van der Waals surface area contributed by atoms with Gasteiger partial charge >= 0.3 is 18.7 Å². The Labute approximate surface area is 205 Å². The summed E-state index contributed by atoms with van der Waals surface area (Å²) in [7, 11) is 0. The number of alkyl halides is 2. The Morgan fingerprint density at radius 1 is 1.08 bits per heavy atom. The minimum absolute atomic E-state index is 0.0357. The largest absolute Gasteiger partial charge is 0.444 e. The fourth-order valence-corrected chi connectivity index (χ4v) is 3.31. The molecule has 0 saturated carbocycles. The third-order valence-corrected chi connectivity index (χ3v) is 4.93. The molecule has 2 aromatic heterocycles. The first-order valence-corrected chi connectivity index (χ1v) is 11.0. The maximum Gasteiger partial charge on any atom is 0.410 e. The molecule has 12 heteroatoms. The minimum atomic E-state index is -3.17. The molecule has 4 rings (SSSR count). The van der Waals surface area contributed by atoms with E-state index in [9.17, 15) is 18.0 Å². The first-order valence-electron chi connectivity index (χ1n) is 11.0. The summed E-state index contributed by atoms with van der Waals surface area (Å²) in [6.07, 6.45) is 6.00. The highest BCUT2D eigenvalue weighted by atomic mass is 19.3. The molecular formula is C24H24F3N5O4. The van der Waals surface area contributed by atoms with Crippen LogP contribution in [-0.4, -0.2) is 57.3 Å². The fraction of sp³-hybridized carbons (Fsp3) is 0.333. The fourth-order valence-electron chi connectivity index (χ4n) is 3.31. The number of likely N-dealkylation sites (tertiary alicyclic amines) is 1. The van der Waals surface area contributed by atoms with Crippen LogP contribution in [0.3, 0.4) is 0 Å². The number of hydrogen-bond acceptors (Lipinski definition) is 8. The van der Waals surface area contributed by atoms with Crippen molar-refractivity contribution in [2.75, 3.05) is 18.4 Å². The monoisotopic (exact) mass is 503 g/mol. The lowest BCUT2D eigenvalue weighted by atomic mass is 10.1. The van der Waals surface area contributed by atoms with Gasteiger partial charge in [-0.1, -0.05) is 0 Å². The van der Waals surface area contributed by atoms with Gasteiger partial charge in [0.2, 0.25) is 0 Å². The lowest BCUT2D eigenvalue weighted by Gasteiger charge is -2.40. The SMILES string of the molecule is CC(C)(C)OC(=O)N1CC(Nc2cncc(-c3cnc(Oc4ccc(F)c(OC(F)F)c4)nc3)c2)C1. The van der Waals surface area contributed by atoms with Gasteiger partial charge < -0.3 is 24.4 Å².